The van der Waals surface area contributed by atoms with Crippen molar-refractivity contribution in [2.45, 2.75) is 44.1 Å². The second kappa shape index (κ2) is 4.01. The molecule has 0 aromatic rings. The topological polar surface area (TPSA) is 12.0 Å². The minimum absolute atomic E-state index is 0.571. The molecule has 0 bridgehead atoms. The van der Waals surface area contributed by atoms with Gasteiger partial charge >= 0.3 is 0 Å². The Balaban J connectivity index is 1.95. The summed E-state index contributed by atoms with van der Waals surface area (Å²) in [6.45, 7) is 1.27. The highest BCUT2D eigenvalue weighted by Crippen LogP contribution is 2.32. The number of nitrogens with one attached hydrogen (secondary N) is 1. The number of hydrogen-bond acceptors (Lipinski definition) is 2. The van der Waals surface area contributed by atoms with E-state index in [-0.39, 0.29) is 0 Å². The molecule has 70 valence electrons. The average molecular weight is 185 g/mol. The first-order valence-electron chi connectivity index (χ1n) is 5.24. The van der Waals surface area contributed by atoms with Crippen molar-refractivity contribution in [1.82, 2.24) is 5.32 Å². The summed E-state index contributed by atoms with van der Waals surface area (Å²) in [6, 6.07) is 0. The van der Waals surface area contributed by atoms with Gasteiger partial charge in [0.2, 0.25) is 0 Å². The minimum atomic E-state index is 0.571. The summed E-state index contributed by atoms with van der Waals surface area (Å²) in [4.78, 5) is 0. The van der Waals surface area contributed by atoms with Gasteiger partial charge in [0.05, 0.1) is 0 Å². The molecule has 0 aliphatic carbocycles. The number of rotatable bonds is 0. The van der Waals surface area contributed by atoms with Gasteiger partial charge in [-0.05, 0) is 43.7 Å². The maximum absolute atomic E-state index is 3.78. The van der Waals surface area contributed by atoms with Crippen LogP contribution < -0.4 is 5.32 Å². The Morgan fingerprint density at radius 1 is 0.917 bits per heavy atom. The quantitative estimate of drug-likeness (QED) is 0.622. The lowest BCUT2D eigenvalue weighted by atomic mass is 9.87. The van der Waals surface area contributed by atoms with E-state index in [2.05, 4.69) is 17.1 Å². The van der Waals surface area contributed by atoms with Crippen LogP contribution in [0.5, 0.6) is 0 Å². The van der Waals surface area contributed by atoms with E-state index in [1.165, 1.54) is 56.6 Å². The molecule has 2 fully saturated rings. The second-order valence-corrected chi connectivity index (χ2v) is 5.35. The summed E-state index contributed by atoms with van der Waals surface area (Å²) >= 11 is 2.13. The molecule has 2 heteroatoms. The molecule has 2 rings (SSSR count). The molecule has 2 aliphatic heterocycles. The third kappa shape index (κ3) is 1.97. The Morgan fingerprint density at radius 2 is 1.75 bits per heavy atom. The largest absolute Gasteiger partial charge is 0.311 e. The molecule has 0 amide bonds. The first-order chi connectivity index (χ1) is 5.91. The molecule has 0 aromatic heterocycles. The van der Waals surface area contributed by atoms with Crippen molar-refractivity contribution in [3.05, 3.63) is 0 Å². The molecule has 1 N–H and O–H groups in total. The van der Waals surface area contributed by atoms with Crippen LogP contribution in [-0.2, 0) is 0 Å². The molecular weight excluding hydrogens is 166 g/mol. The summed E-state index contributed by atoms with van der Waals surface area (Å²) < 4.78 is 0. The molecule has 0 unspecified atom stereocenters. The molecule has 12 heavy (non-hydrogen) atoms. The molecule has 0 saturated carbocycles. The van der Waals surface area contributed by atoms with Crippen LogP contribution in [0.2, 0.25) is 0 Å². The van der Waals surface area contributed by atoms with Gasteiger partial charge in [0.1, 0.15) is 0 Å². The average Bonchev–Trinajstić information content (AvgIpc) is 2.33. The zero-order valence-corrected chi connectivity index (χ0v) is 8.59. The maximum atomic E-state index is 3.78. The molecule has 2 heterocycles. The van der Waals surface area contributed by atoms with E-state index >= 15 is 0 Å². The zero-order chi connectivity index (χ0) is 8.28. The SMILES string of the molecule is C1CCNC2(CC1)CCSCC2. The van der Waals surface area contributed by atoms with E-state index in [1.54, 1.807) is 0 Å². The fraction of sp³-hybridized carbons (Fsp3) is 1.00. The van der Waals surface area contributed by atoms with E-state index in [0.29, 0.717) is 5.54 Å². The zero-order valence-electron chi connectivity index (χ0n) is 7.77. The Kier molecular flexibility index (Phi) is 2.97. The Labute approximate surface area is 79.7 Å². The highest BCUT2D eigenvalue weighted by molar-refractivity contribution is 7.99. The lowest BCUT2D eigenvalue weighted by molar-refractivity contribution is 0.293. The van der Waals surface area contributed by atoms with Crippen molar-refractivity contribution in [2.75, 3.05) is 18.1 Å². The Bertz CT molecular complexity index is 131. The second-order valence-electron chi connectivity index (χ2n) is 4.13. The molecule has 2 aliphatic rings. The van der Waals surface area contributed by atoms with Crippen LogP contribution in [0.1, 0.15) is 38.5 Å². The fourth-order valence-corrected chi connectivity index (χ4v) is 3.67. The van der Waals surface area contributed by atoms with E-state index in [4.69, 9.17) is 0 Å². The standard InChI is InChI=1S/C10H19NS/c1-2-4-10(11-7-3-1)5-8-12-9-6-10/h11H,1-9H2. The Hall–Kier alpha value is 0.310. The van der Waals surface area contributed by atoms with E-state index in [9.17, 15) is 0 Å². The summed E-state index contributed by atoms with van der Waals surface area (Å²) in [6.07, 6.45) is 8.57. The van der Waals surface area contributed by atoms with Crippen LogP contribution in [0.15, 0.2) is 0 Å². The summed E-state index contributed by atoms with van der Waals surface area (Å²) in [5.41, 5.74) is 0.571. The van der Waals surface area contributed by atoms with E-state index < -0.39 is 0 Å². The molecule has 0 atom stereocenters. The third-order valence-electron chi connectivity index (χ3n) is 3.28. The smallest absolute Gasteiger partial charge is 0.0197 e. The van der Waals surface area contributed by atoms with Crippen molar-refractivity contribution in [3.63, 3.8) is 0 Å². The van der Waals surface area contributed by atoms with Crippen LogP contribution in [0, 0.1) is 0 Å². The van der Waals surface area contributed by atoms with Crippen molar-refractivity contribution < 1.29 is 0 Å². The van der Waals surface area contributed by atoms with Crippen LogP contribution in [0.25, 0.3) is 0 Å². The number of hydrogen-bond donors (Lipinski definition) is 1. The van der Waals surface area contributed by atoms with Gasteiger partial charge in [-0.1, -0.05) is 12.8 Å². The van der Waals surface area contributed by atoms with Gasteiger partial charge in [0, 0.05) is 5.54 Å². The van der Waals surface area contributed by atoms with Crippen molar-refractivity contribution in [3.8, 4) is 0 Å². The summed E-state index contributed by atoms with van der Waals surface area (Å²) in [7, 11) is 0. The van der Waals surface area contributed by atoms with Crippen LogP contribution in [0.3, 0.4) is 0 Å². The molecule has 2 saturated heterocycles. The predicted molar refractivity (Wildman–Crippen MR) is 55.8 cm³/mol. The van der Waals surface area contributed by atoms with E-state index in [1.807, 2.05) is 0 Å². The first-order valence-corrected chi connectivity index (χ1v) is 6.40. The fourth-order valence-electron chi connectivity index (χ4n) is 2.40. The van der Waals surface area contributed by atoms with Crippen LogP contribution >= 0.6 is 11.8 Å². The minimum Gasteiger partial charge on any atom is -0.311 e. The number of thioether (sulfide) groups is 1. The lowest BCUT2D eigenvalue weighted by Gasteiger charge is -2.37. The highest BCUT2D eigenvalue weighted by atomic mass is 32.2. The first kappa shape index (κ1) is 8.89. The van der Waals surface area contributed by atoms with Crippen molar-refractivity contribution in [2.24, 2.45) is 0 Å². The van der Waals surface area contributed by atoms with Gasteiger partial charge in [0.25, 0.3) is 0 Å². The normalized spacial score (nSPS) is 30.0. The summed E-state index contributed by atoms with van der Waals surface area (Å²) in [5.74, 6) is 2.76. The molecule has 1 spiro atoms. The third-order valence-corrected chi connectivity index (χ3v) is 4.27. The van der Waals surface area contributed by atoms with Gasteiger partial charge in [-0.2, -0.15) is 11.8 Å². The maximum Gasteiger partial charge on any atom is 0.0197 e. The van der Waals surface area contributed by atoms with Crippen LogP contribution in [0.4, 0.5) is 0 Å². The predicted octanol–water partition coefficient (Wildman–Crippen LogP) is 2.42. The van der Waals surface area contributed by atoms with Gasteiger partial charge < -0.3 is 5.32 Å². The monoisotopic (exact) mass is 185 g/mol. The van der Waals surface area contributed by atoms with Gasteiger partial charge in [-0.15, -0.1) is 0 Å². The van der Waals surface area contributed by atoms with Gasteiger partial charge in [0.15, 0.2) is 0 Å². The molecular formula is C10H19NS. The lowest BCUT2D eigenvalue weighted by Crippen LogP contribution is -2.47. The highest BCUT2D eigenvalue weighted by Gasteiger charge is 2.31. The van der Waals surface area contributed by atoms with Crippen molar-refractivity contribution >= 4 is 11.8 Å². The van der Waals surface area contributed by atoms with Crippen LogP contribution in [-0.4, -0.2) is 23.6 Å². The Morgan fingerprint density at radius 3 is 2.58 bits per heavy atom. The van der Waals surface area contributed by atoms with E-state index in [0.717, 1.165) is 0 Å². The molecule has 1 nitrogen and oxygen atoms in total. The van der Waals surface area contributed by atoms with Gasteiger partial charge in [-0.3, -0.25) is 0 Å². The van der Waals surface area contributed by atoms with Gasteiger partial charge in [-0.25, -0.2) is 0 Å². The molecule has 0 radical (unpaired) electrons. The molecule has 0 aromatic carbocycles. The summed E-state index contributed by atoms with van der Waals surface area (Å²) in [5, 5.41) is 3.78. The van der Waals surface area contributed by atoms with Crippen molar-refractivity contribution in [1.29, 1.82) is 0 Å².